The molecule has 2 unspecified atom stereocenters. The Bertz CT molecular complexity index is 560. The van der Waals surface area contributed by atoms with Crippen molar-refractivity contribution in [1.29, 1.82) is 0 Å². The maximum absolute atomic E-state index is 14.2. The summed E-state index contributed by atoms with van der Waals surface area (Å²) < 4.78 is 15.0. The number of aromatic nitrogens is 1. The molecule has 0 aliphatic rings. The van der Waals surface area contributed by atoms with Gasteiger partial charge in [-0.1, -0.05) is 41.9 Å². The lowest BCUT2D eigenvalue weighted by molar-refractivity contribution is 0.450. The minimum absolute atomic E-state index is 0.0897. The molecular weight excluding hydrogens is 319 g/mol. The summed E-state index contributed by atoms with van der Waals surface area (Å²) in [6.45, 7) is 4.86. The molecule has 2 rings (SSSR count). The molecule has 1 N–H and O–H groups in total. The van der Waals surface area contributed by atoms with Gasteiger partial charge in [-0.3, -0.25) is 4.98 Å². The molecule has 1 aromatic carbocycles. The topological polar surface area (TPSA) is 24.9 Å². The molecule has 2 aromatic rings. The van der Waals surface area contributed by atoms with Crippen LogP contribution in [0.2, 0.25) is 0 Å². The third-order valence-electron chi connectivity index (χ3n) is 3.38. The zero-order chi connectivity index (χ0) is 14.5. The van der Waals surface area contributed by atoms with Crippen LogP contribution in [0.1, 0.15) is 37.1 Å². The van der Waals surface area contributed by atoms with Crippen LogP contribution in [0.25, 0.3) is 0 Å². The van der Waals surface area contributed by atoms with Crippen molar-refractivity contribution in [2.24, 2.45) is 0 Å². The van der Waals surface area contributed by atoms with Gasteiger partial charge in [-0.25, -0.2) is 4.39 Å². The Morgan fingerprint density at radius 1 is 1.30 bits per heavy atom. The maximum atomic E-state index is 14.2. The first-order valence-corrected chi connectivity index (χ1v) is 7.52. The van der Waals surface area contributed by atoms with Gasteiger partial charge < -0.3 is 5.32 Å². The summed E-state index contributed by atoms with van der Waals surface area (Å²) >= 11 is 3.29. The minimum atomic E-state index is -0.201. The second-order valence-corrected chi connectivity index (χ2v) is 5.66. The Morgan fingerprint density at radius 2 is 2.10 bits per heavy atom. The Morgan fingerprint density at radius 3 is 2.70 bits per heavy atom. The van der Waals surface area contributed by atoms with Crippen LogP contribution in [0.15, 0.2) is 47.1 Å². The van der Waals surface area contributed by atoms with Crippen molar-refractivity contribution in [3.8, 4) is 0 Å². The molecule has 0 saturated carbocycles. The molecule has 106 valence electrons. The molecule has 0 radical (unpaired) electrons. The summed E-state index contributed by atoms with van der Waals surface area (Å²) in [5.41, 5.74) is 1.63. The summed E-state index contributed by atoms with van der Waals surface area (Å²) in [6.07, 6.45) is 1.77. The van der Waals surface area contributed by atoms with Crippen molar-refractivity contribution in [2.45, 2.75) is 25.8 Å². The van der Waals surface area contributed by atoms with Gasteiger partial charge in [0.15, 0.2) is 0 Å². The average molecular weight is 337 g/mol. The third-order valence-corrected chi connectivity index (χ3v) is 3.87. The van der Waals surface area contributed by atoms with Gasteiger partial charge in [-0.05, 0) is 30.8 Å². The molecule has 0 bridgehead atoms. The number of benzene rings is 1. The average Bonchev–Trinajstić information content (AvgIpc) is 2.46. The van der Waals surface area contributed by atoms with Crippen LogP contribution < -0.4 is 5.32 Å². The molecule has 1 heterocycles. The van der Waals surface area contributed by atoms with E-state index < -0.39 is 0 Å². The van der Waals surface area contributed by atoms with Gasteiger partial charge in [0.05, 0.1) is 0 Å². The van der Waals surface area contributed by atoms with E-state index in [9.17, 15) is 4.39 Å². The molecular formula is C16H18BrFN2. The molecule has 2 atom stereocenters. The zero-order valence-corrected chi connectivity index (χ0v) is 13.2. The van der Waals surface area contributed by atoms with Gasteiger partial charge in [-0.15, -0.1) is 0 Å². The smallest absolute Gasteiger partial charge is 0.129 e. The number of nitrogens with zero attached hydrogens (tertiary/aromatic N) is 1. The highest BCUT2D eigenvalue weighted by molar-refractivity contribution is 9.10. The van der Waals surface area contributed by atoms with Crippen LogP contribution in [0.5, 0.6) is 0 Å². The second kappa shape index (κ2) is 6.95. The van der Waals surface area contributed by atoms with Crippen molar-refractivity contribution in [1.82, 2.24) is 10.3 Å². The lowest BCUT2D eigenvalue weighted by Gasteiger charge is -2.25. The van der Waals surface area contributed by atoms with Crippen LogP contribution in [0.3, 0.4) is 0 Å². The highest BCUT2D eigenvalue weighted by Gasteiger charge is 2.23. The summed E-state index contributed by atoms with van der Waals surface area (Å²) in [5.74, 6) is -0.111. The SMILES string of the molecule is CCNC(c1ccc(Br)cc1F)C(C)c1ccccn1. The number of likely N-dealkylation sites (N-methyl/N-ethyl adjacent to an activating group) is 1. The fourth-order valence-electron chi connectivity index (χ4n) is 2.35. The van der Waals surface area contributed by atoms with E-state index >= 15 is 0 Å². The van der Waals surface area contributed by atoms with E-state index in [0.717, 1.165) is 16.7 Å². The first-order valence-electron chi connectivity index (χ1n) is 6.72. The highest BCUT2D eigenvalue weighted by atomic mass is 79.9. The summed E-state index contributed by atoms with van der Waals surface area (Å²) in [5, 5.41) is 3.36. The predicted octanol–water partition coefficient (Wildman–Crippen LogP) is 4.44. The number of halogens is 2. The number of pyridine rings is 1. The first kappa shape index (κ1) is 15.1. The maximum Gasteiger partial charge on any atom is 0.129 e. The van der Waals surface area contributed by atoms with Gasteiger partial charge in [-0.2, -0.15) is 0 Å². The second-order valence-electron chi connectivity index (χ2n) is 4.74. The zero-order valence-electron chi connectivity index (χ0n) is 11.6. The lowest BCUT2D eigenvalue weighted by Crippen LogP contribution is -2.27. The largest absolute Gasteiger partial charge is 0.310 e. The van der Waals surface area contributed by atoms with Crippen molar-refractivity contribution >= 4 is 15.9 Å². The Labute approximate surface area is 127 Å². The van der Waals surface area contributed by atoms with Gasteiger partial charge in [0, 0.05) is 33.9 Å². The molecule has 0 amide bonds. The molecule has 1 aromatic heterocycles. The molecule has 0 saturated heterocycles. The van der Waals surface area contributed by atoms with E-state index in [4.69, 9.17) is 0 Å². The summed E-state index contributed by atoms with van der Waals surface area (Å²) in [7, 11) is 0. The standard InChI is InChI=1S/C16H18BrFN2/c1-3-19-16(11(2)15-6-4-5-9-20-15)13-8-7-12(17)10-14(13)18/h4-11,16,19H,3H2,1-2H3. The van der Waals surface area contributed by atoms with Crippen LogP contribution in [-0.4, -0.2) is 11.5 Å². The third kappa shape index (κ3) is 3.44. The van der Waals surface area contributed by atoms with E-state index in [0.29, 0.717) is 5.56 Å². The van der Waals surface area contributed by atoms with E-state index in [-0.39, 0.29) is 17.8 Å². The van der Waals surface area contributed by atoms with E-state index in [1.807, 2.05) is 37.3 Å². The van der Waals surface area contributed by atoms with Crippen molar-refractivity contribution in [2.75, 3.05) is 6.54 Å². The van der Waals surface area contributed by atoms with E-state index in [1.165, 1.54) is 6.07 Å². The van der Waals surface area contributed by atoms with Crippen LogP contribution in [-0.2, 0) is 0 Å². The Hall–Kier alpha value is -1.26. The number of hydrogen-bond donors (Lipinski definition) is 1. The Balaban J connectivity index is 2.35. The quantitative estimate of drug-likeness (QED) is 0.873. The van der Waals surface area contributed by atoms with Crippen molar-refractivity contribution < 1.29 is 4.39 Å². The normalized spacial score (nSPS) is 14.0. The molecule has 0 aliphatic heterocycles. The van der Waals surface area contributed by atoms with Crippen LogP contribution in [0, 0.1) is 5.82 Å². The van der Waals surface area contributed by atoms with Gasteiger partial charge in [0.25, 0.3) is 0 Å². The number of nitrogens with one attached hydrogen (secondary N) is 1. The van der Waals surface area contributed by atoms with Crippen LogP contribution in [0.4, 0.5) is 4.39 Å². The number of rotatable bonds is 5. The molecule has 2 nitrogen and oxygen atoms in total. The summed E-state index contributed by atoms with van der Waals surface area (Å²) in [6, 6.07) is 10.9. The molecule has 0 aliphatic carbocycles. The van der Waals surface area contributed by atoms with Gasteiger partial charge in [0.1, 0.15) is 5.82 Å². The lowest BCUT2D eigenvalue weighted by atomic mass is 9.91. The van der Waals surface area contributed by atoms with Crippen molar-refractivity contribution in [3.63, 3.8) is 0 Å². The minimum Gasteiger partial charge on any atom is -0.310 e. The first-order chi connectivity index (χ1) is 9.63. The van der Waals surface area contributed by atoms with E-state index in [1.54, 1.807) is 6.20 Å². The van der Waals surface area contributed by atoms with Gasteiger partial charge >= 0.3 is 0 Å². The number of hydrogen-bond acceptors (Lipinski definition) is 2. The molecule has 0 spiro atoms. The Kier molecular flexibility index (Phi) is 5.26. The fourth-order valence-corrected chi connectivity index (χ4v) is 2.68. The monoisotopic (exact) mass is 336 g/mol. The van der Waals surface area contributed by atoms with E-state index in [2.05, 4.69) is 33.2 Å². The molecule has 20 heavy (non-hydrogen) atoms. The van der Waals surface area contributed by atoms with Crippen molar-refractivity contribution in [3.05, 3.63) is 64.1 Å². The predicted molar refractivity (Wildman–Crippen MR) is 83.2 cm³/mol. The highest BCUT2D eigenvalue weighted by Crippen LogP contribution is 2.31. The molecule has 4 heteroatoms. The van der Waals surface area contributed by atoms with Crippen LogP contribution >= 0.6 is 15.9 Å². The van der Waals surface area contributed by atoms with Gasteiger partial charge in [0.2, 0.25) is 0 Å². The fraction of sp³-hybridized carbons (Fsp3) is 0.312. The molecule has 0 fully saturated rings. The summed E-state index contributed by atoms with van der Waals surface area (Å²) in [4.78, 5) is 4.38.